The zero-order valence-corrected chi connectivity index (χ0v) is 12.8. The van der Waals surface area contributed by atoms with E-state index in [0.717, 1.165) is 17.0 Å². The quantitative estimate of drug-likeness (QED) is 0.781. The average Bonchev–Trinajstić information content (AvgIpc) is 3.07. The number of carbonyl (C=O) groups is 1. The molecule has 7 nitrogen and oxygen atoms in total. The summed E-state index contributed by atoms with van der Waals surface area (Å²) < 4.78 is 19.8. The summed E-state index contributed by atoms with van der Waals surface area (Å²) in [6.07, 6.45) is 2.56. The second kappa shape index (κ2) is 6.63. The Labute approximate surface area is 139 Å². The van der Waals surface area contributed by atoms with Crippen LogP contribution in [0.15, 0.2) is 52.1 Å². The second-order valence-electron chi connectivity index (χ2n) is 4.80. The number of amides is 1. The van der Waals surface area contributed by atoms with Crippen LogP contribution in [0.1, 0.15) is 0 Å². The van der Waals surface area contributed by atoms with Crippen LogP contribution in [0.4, 0.5) is 10.1 Å². The van der Waals surface area contributed by atoms with Gasteiger partial charge in [-0.15, -0.1) is 10.2 Å². The van der Waals surface area contributed by atoms with E-state index in [4.69, 9.17) is 16.0 Å². The third kappa shape index (κ3) is 3.49. The number of nitrogens with zero attached hydrogens (tertiary/aromatic N) is 3. The molecule has 1 N–H and O–H groups in total. The molecule has 0 saturated heterocycles. The van der Waals surface area contributed by atoms with Crippen molar-refractivity contribution in [3.8, 4) is 11.5 Å². The van der Waals surface area contributed by atoms with Gasteiger partial charge in [0.25, 0.3) is 5.56 Å². The first kappa shape index (κ1) is 15.9. The number of hydrogen-bond donors (Lipinski definition) is 1. The van der Waals surface area contributed by atoms with Crippen LogP contribution in [0, 0.1) is 5.82 Å². The Morgan fingerprint density at radius 3 is 2.92 bits per heavy atom. The largest absolute Gasteiger partial charge is 0.423 e. The minimum atomic E-state index is -0.625. The van der Waals surface area contributed by atoms with E-state index in [0.29, 0.717) is 5.56 Å². The van der Waals surface area contributed by atoms with Crippen molar-refractivity contribution in [3.05, 3.63) is 64.1 Å². The molecule has 1 amide bonds. The van der Waals surface area contributed by atoms with Crippen molar-refractivity contribution in [2.24, 2.45) is 0 Å². The number of rotatable bonds is 4. The Hall–Kier alpha value is -3.00. The molecule has 0 atom stereocenters. The fraction of sp³-hybridized carbons (Fsp3) is 0.0667. The number of carbonyl (C=O) groups excluding carboxylic acids is 1. The molecule has 1 aromatic carbocycles. The van der Waals surface area contributed by atoms with E-state index in [1.54, 1.807) is 0 Å². The highest BCUT2D eigenvalue weighted by Gasteiger charge is 2.11. The number of anilines is 1. The van der Waals surface area contributed by atoms with Crippen LogP contribution in [0.3, 0.4) is 0 Å². The molecule has 0 spiro atoms. The van der Waals surface area contributed by atoms with Gasteiger partial charge in [-0.3, -0.25) is 9.59 Å². The lowest BCUT2D eigenvalue weighted by atomic mass is 10.2. The summed E-state index contributed by atoms with van der Waals surface area (Å²) >= 11 is 5.77. The summed E-state index contributed by atoms with van der Waals surface area (Å²) in [6, 6.07) is 6.56. The highest BCUT2D eigenvalue weighted by atomic mass is 35.5. The number of pyridine rings is 1. The van der Waals surface area contributed by atoms with Crippen LogP contribution in [0.2, 0.25) is 5.02 Å². The molecule has 0 saturated carbocycles. The molecule has 0 aliphatic carbocycles. The summed E-state index contributed by atoms with van der Waals surface area (Å²) in [5.41, 5.74) is 0.0161. The van der Waals surface area contributed by atoms with Crippen LogP contribution in [0.25, 0.3) is 11.5 Å². The fourth-order valence-corrected chi connectivity index (χ4v) is 2.19. The van der Waals surface area contributed by atoms with Gasteiger partial charge in [0.05, 0.1) is 11.3 Å². The van der Waals surface area contributed by atoms with E-state index < -0.39 is 17.3 Å². The summed E-state index contributed by atoms with van der Waals surface area (Å²) in [6.45, 7) is -0.313. The van der Waals surface area contributed by atoms with Gasteiger partial charge >= 0.3 is 0 Å². The molecule has 0 fully saturated rings. The zero-order valence-electron chi connectivity index (χ0n) is 12.1. The van der Waals surface area contributed by atoms with Gasteiger partial charge in [-0.2, -0.15) is 0 Å². The van der Waals surface area contributed by atoms with Gasteiger partial charge < -0.3 is 14.3 Å². The van der Waals surface area contributed by atoms with Crippen molar-refractivity contribution in [1.82, 2.24) is 14.8 Å². The monoisotopic (exact) mass is 348 g/mol. The van der Waals surface area contributed by atoms with Crippen molar-refractivity contribution in [2.75, 3.05) is 5.32 Å². The maximum Gasteiger partial charge on any atom is 0.251 e. The standard InChI is InChI=1S/C15H10ClFN4O3/c16-10-2-3-11(17)12(5-10)19-13(22)7-21-6-9(1-4-14(21)23)15-20-18-8-24-15/h1-6,8H,7H2,(H,19,22). The molecule has 0 unspecified atom stereocenters. The van der Waals surface area contributed by atoms with Crippen molar-refractivity contribution in [3.63, 3.8) is 0 Å². The molecule has 3 aromatic rings. The molecule has 24 heavy (non-hydrogen) atoms. The number of benzene rings is 1. The molecule has 0 aliphatic heterocycles. The summed E-state index contributed by atoms with van der Waals surface area (Å²) in [5, 5.41) is 9.93. The third-order valence-corrected chi connectivity index (χ3v) is 3.34. The predicted octanol–water partition coefficient (Wildman–Crippen LogP) is 2.33. The molecule has 3 rings (SSSR count). The molecule has 2 heterocycles. The number of hydrogen-bond acceptors (Lipinski definition) is 5. The van der Waals surface area contributed by atoms with E-state index >= 15 is 0 Å². The molecule has 122 valence electrons. The highest BCUT2D eigenvalue weighted by Crippen LogP contribution is 2.19. The van der Waals surface area contributed by atoms with E-state index in [-0.39, 0.29) is 23.1 Å². The zero-order chi connectivity index (χ0) is 17.1. The highest BCUT2D eigenvalue weighted by molar-refractivity contribution is 6.30. The first-order chi connectivity index (χ1) is 11.5. The molecule has 0 radical (unpaired) electrons. The minimum Gasteiger partial charge on any atom is -0.423 e. The number of halogens is 2. The normalized spacial score (nSPS) is 10.6. The lowest BCUT2D eigenvalue weighted by Crippen LogP contribution is -2.27. The van der Waals surface area contributed by atoms with Gasteiger partial charge in [-0.05, 0) is 24.3 Å². The second-order valence-corrected chi connectivity index (χ2v) is 5.24. The smallest absolute Gasteiger partial charge is 0.251 e. The SMILES string of the molecule is O=C(Cn1cc(-c2nnco2)ccc1=O)Nc1cc(Cl)ccc1F. The first-order valence-corrected chi connectivity index (χ1v) is 7.12. The van der Waals surface area contributed by atoms with Crippen molar-refractivity contribution in [1.29, 1.82) is 0 Å². The number of aromatic nitrogens is 3. The van der Waals surface area contributed by atoms with Crippen LogP contribution in [0.5, 0.6) is 0 Å². The van der Waals surface area contributed by atoms with Gasteiger partial charge in [0, 0.05) is 17.3 Å². The van der Waals surface area contributed by atoms with Gasteiger partial charge in [-0.25, -0.2) is 4.39 Å². The van der Waals surface area contributed by atoms with Crippen LogP contribution in [-0.4, -0.2) is 20.7 Å². The van der Waals surface area contributed by atoms with Crippen LogP contribution in [-0.2, 0) is 11.3 Å². The maximum atomic E-state index is 13.6. The van der Waals surface area contributed by atoms with Gasteiger partial charge in [0.2, 0.25) is 18.2 Å². The summed E-state index contributed by atoms with van der Waals surface area (Å²) in [5.74, 6) is -0.995. The summed E-state index contributed by atoms with van der Waals surface area (Å²) in [7, 11) is 0. The fourth-order valence-electron chi connectivity index (χ4n) is 2.02. The molecule has 9 heteroatoms. The lowest BCUT2D eigenvalue weighted by Gasteiger charge is -2.09. The predicted molar refractivity (Wildman–Crippen MR) is 84.0 cm³/mol. The molecular formula is C15H10ClFN4O3. The Bertz CT molecular complexity index is 940. The lowest BCUT2D eigenvalue weighted by molar-refractivity contribution is -0.116. The van der Waals surface area contributed by atoms with E-state index in [9.17, 15) is 14.0 Å². The maximum absolute atomic E-state index is 13.6. The Kier molecular flexibility index (Phi) is 4.39. The Balaban J connectivity index is 1.80. The molecule has 0 aliphatic rings. The first-order valence-electron chi connectivity index (χ1n) is 6.75. The minimum absolute atomic E-state index is 0.0615. The van der Waals surface area contributed by atoms with Gasteiger partial charge in [0.15, 0.2) is 0 Å². The Morgan fingerprint density at radius 1 is 1.33 bits per heavy atom. The number of nitrogens with one attached hydrogen (secondary N) is 1. The average molecular weight is 349 g/mol. The van der Waals surface area contributed by atoms with E-state index in [2.05, 4.69) is 15.5 Å². The van der Waals surface area contributed by atoms with Gasteiger partial charge in [-0.1, -0.05) is 11.6 Å². The summed E-state index contributed by atoms with van der Waals surface area (Å²) in [4.78, 5) is 23.9. The van der Waals surface area contributed by atoms with E-state index in [1.807, 2.05) is 0 Å². The third-order valence-electron chi connectivity index (χ3n) is 3.11. The van der Waals surface area contributed by atoms with Crippen molar-refractivity contribution < 1.29 is 13.6 Å². The topological polar surface area (TPSA) is 90.0 Å². The van der Waals surface area contributed by atoms with Gasteiger partial charge in [0.1, 0.15) is 12.4 Å². The molecule has 2 aromatic heterocycles. The molecule has 0 bridgehead atoms. The molecular weight excluding hydrogens is 339 g/mol. The van der Waals surface area contributed by atoms with Crippen LogP contribution >= 0.6 is 11.6 Å². The van der Waals surface area contributed by atoms with Crippen LogP contribution < -0.4 is 10.9 Å². The Morgan fingerprint density at radius 2 is 2.17 bits per heavy atom. The van der Waals surface area contributed by atoms with Crippen molar-refractivity contribution >= 4 is 23.2 Å². The van der Waals surface area contributed by atoms with E-state index in [1.165, 1.54) is 30.5 Å². The van der Waals surface area contributed by atoms with Crippen molar-refractivity contribution in [2.45, 2.75) is 6.54 Å².